The van der Waals surface area contributed by atoms with E-state index in [9.17, 15) is 0 Å². The third-order valence-electron chi connectivity index (χ3n) is 1.83. The lowest BCUT2D eigenvalue weighted by molar-refractivity contribution is 0.275. The highest BCUT2D eigenvalue weighted by Gasteiger charge is 1.92. The molecule has 0 saturated carbocycles. The van der Waals surface area contributed by atoms with Crippen LogP contribution in [0.5, 0.6) is 0 Å². The summed E-state index contributed by atoms with van der Waals surface area (Å²) >= 11 is 0. The minimum Gasteiger partial charge on any atom is -0.495 e. The second-order valence-corrected chi connectivity index (χ2v) is 3.04. The van der Waals surface area contributed by atoms with Crippen molar-refractivity contribution >= 4 is 6.72 Å². The molecule has 0 amide bonds. The molecule has 0 unspecified atom stereocenters. The van der Waals surface area contributed by atoms with Crippen LogP contribution in [-0.2, 0) is 4.74 Å². The molecule has 15 heavy (non-hydrogen) atoms. The van der Waals surface area contributed by atoms with Crippen molar-refractivity contribution in [1.29, 1.82) is 0 Å². The van der Waals surface area contributed by atoms with Crippen LogP contribution < -0.4 is 0 Å². The lowest BCUT2D eigenvalue weighted by Gasteiger charge is -2.04. The largest absolute Gasteiger partial charge is 0.495 e. The molecule has 0 saturated heterocycles. The number of hydrogen-bond donors (Lipinski definition) is 0. The topological polar surface area (TPSA) is 21.6 Å². The maximum absolute atomic E-state index is 5.35. The van der Waals surface area contributed by atoms with Gasteiger partial charge in [-0.05, 0) is 32.6 Å². The summed E-state index contributed by atoms with van der Waals surface area (Å²) in [5.41, 5.74) is 2.01. The van der Waals surface area contributed by atoms with Gasteiger partial charge in [0, 0.05) is 0 Å². The van der Waals surface area contributed by atoms with Gasteiger partial charge in [0.2, 0.25) is 0 Å². The van der Waals surface area contributed by atoms with Crippen LogP contribution in [0.4, 0.5) is 0 Å². The fourth-order valence-corrected chi connectivity index (χ4v) is 0.882. The van der Waals surface area contributed by atoms with E-state index < -0.39 is 0 Å². The van der Waals surface area contributed by atoms with E-state index in [1.807, 2.05) is 26.0 Å². The Balaban J connectivity index is 3.97. The maximum Gasteiger partial charge on any atom is 0.109 e. The third kappa shape index (κ3) is 7.50. The minimum atomic E-state index is 0.588. The Morgan fingerprint density at radius 3 is 2.73 bits per heavy atom. The van der Waals surface area contributed by atoms with Gasteiger partial charge in [0.1, 0.15) is 12.9 Å². The molecule has 0 aliphatic heterocycles. The van der Waals surface area contributed by atoms with E-state index in [0.29, 0.717) is 6.61 Å². The lowest BCUT2D eigenvalue weighted by Crippen LogP contribution is -1.92. The van der Waals surface area contributed by atoms with Gasteiger partial charge in [0.05, 0.1) is 5.70 Å². The van der Waals surface area contributed by atoms with Gasteiger partial charge in [-0.2, -0.15) is 0 Å². The summed E-state index contributed by atoms with van der Waals surface area (Å²) in [6.45, 7) is 11.5. The van der Waals surface area contributed by atoms with Crippen LogP contribution in [0.25, 0.3) is 0 Å². The van der Waals surface area contributed by atoms with Crippen molar-refractivity contribution in [2.75, 3.05) is 6.61 Å². The quantitative estimate of drug-likeness (QED) is 0.269. The van der Waals surface area contributed by atoms with Gasteiger partial charge in [-0.1, -0.05) is 30.9 Å². The molecule has 82 valence electrons. The lowest BCUT2D eigenvalue weighted by atomic mass is 10.2. The fraction of sp³-hybridized carbons (Fsp3) is 0.308. The standard InChI is InChI=1S/C13H19NO/c1-5-7-8-9-13(6-2)11-15-10-12(3)14-4/h5-8,10H,1,4,9,11H2,2-3H3/b8-7-,12-10-,13-6+. The Morgan fingerprint density at radius 1 is 1.47 bits per heavy atom. The molecular weight excluding hydrogens is 186 g/mol. The summed E-state index contributed by atoms with van der Waals surface area (Å²) in [6.07, 6.45) is 10.3. The molecule has 0 heterocycles. The van der Waals surface area contributed by atoms with Crippen molar-refractivity contribution in [3.8, 4) is 0 Å². The summed E-state index contributed by atoms with van der Waals surface area (Å²) in [5, 5.41) is 0. The molecule has 0 aromatic carbocycles. The van der Waals surface area contributed by atoms with Gasteiger partial charge in [0.25, 0.3) is 0 Å². The molecule has 0 rings (SSSR count). The van der Waals surface area contributed by atoms with E-state index >= 15 is 0 Å². The Kier molecular flexibility index (Phi) is 8.06. The average molecular weight is 205 g/mol. The van der Waals surface area contributed by atoms with Crippen LogP contribution in [0, 0.1) is 0 Å². The number of hydrogen-bond acceptors (Lipinski definition) is 2. The highest BCUT2D eigenvalue weighted by Crippen LogP contribution is 2.04. The molecular formula is C13H19NO. The summed E-state index contributed by atoms with van der Waals surface area (Å²) in [7, 11) is 0. The molecule has 2 nitrogen and oxygen atoms in total. The molecule has 0 spiro atoms. The van der Waals surface area contributed by atoms with Crippen LogP contribution in [0.1, 0.15) is 20.3 Å². The predicted octanol–water partition coefficient (Wildman–Crippen LogP) is 3.64. The Bertz CT molecular complexity index is 285. The van der Waals surface area contributed by atoms with Crippen molar-refractivity contribution in [2.45, 2.75) is 20.3 Å². The molecule has 2 heteroatoms. The number of aliphatic imine (C=N–C) groups is 1. The van der Waals surface area contributed by atoms with Crippen LogP contribution in [0.3, 0.4) is 0 Å². The van der Waals surface area contributed by atoms with E-state index in [-0.39, 0.29) is 0 Å². The molecule has 0 aromatic rings. The van der Waals surface area contributed by atoms with Crippen LogP contribution in [-0.4, -0.2) is 13.3 Å². The van der Waals surface area contributed by atoms with Gasteiger partial charge < -0.3 is 4.74 Å². The molecule has 0 bridgehead atoms. The number of rotatable bonds is 7. The van der Waals surface area contributed by atoms with E-state index in [1.54, 1.807) is 12.3 Å². The highest BCUT2D eigenvalue weighted by molar-refractivity contribution is 5.27. The summed E-state index contributed by atoms with van der Waals surface area (Å²) < 4.78 is 5.35. The highest BCUT2D eigenvalue weighted by atomic mass is 16.5. The smallest absolute Gasteiger partial charge is 0.109 e. The van der Waals surface area contributed by atoms with E-state index in [4.69, 9.17) is 4.74 Å². The van der Waals surface area contributed by atoms with Crippen molar-refractivity contribution in [3.63, 3.8) is 0 Å². The van der Waals surface area contributed by atoms with E-state index in [2.05, 4.69) is 24.4 Å². The second kappa shape index (κ2) is 9.00. The monoisotopic (exact) mass is 205 g/mol. The van der Waals surface area contributed by atoms with Gasteiger partial charge in [0.15, 0.2) is 0 Å². The first-order chi connectivity index (χ1) is 7.24. The van der Waals surface area contributed by atoms with Crippen LogP contribution in [0.15, 0.2) is 53.4 Å². The van der Waals surface area contributed by atoms with E-state index in [1.165, 1.54) is 5.57 Å². The molecule has 0 aliphatic rings. The zero-order valence-electron chi connectivity index (χ0n) is 9.57. The Morgan fingerprint density at radius 2 is 2.20 bits per heavy atom. The van der Waals surface area contributed by atoms with Gasteiger partial charge >= 0.3 is 0 Å². The first-order valence-corrected chi connectivity index (χ1v) is 4.91. The maximum atomic E-state index is 5.35. The van der Waals surface area contributed by atoms with Gasteiger partial charge in [-0.15, -0.1) is 0 Å². The fourth-order valence-electron chi connectivity index (χ4n) is 0.882. The number of ether oxygens (including phenoxy) is 1. The zero-order chi connectivity index (χ0) is 11.5. The molecule has 0 aliphatic carbocycles. The number of nitrogens with zero attached hydrogens (tertiary/aromatic N) is 1. The average Bonchev–Trinajstić information content (AvgIpc) is 2.26. The first kappa shape index (κ1) is 13.4. The minimum absolute atomic E-state index is 0.588. The molecule has 0 fully saturated rings. The molecule has 0 radical (unpaired) electrons. The SMILES string of the molecule is C=C/C=C\C/C(=C\C)CO/C=C(/C)N=C. The van der Waals surface area contributed by atoms with Crippen molar-refractivity contribution in [3.05, 3.63) is 48.4 Å². The molecule has 0 N–H and O–H groups in total. The predicted molar refractivity (Wildman–Crippen MR) is 67.0 cm³/mol. The van der Waals surface area contributed by atoms with E-state index in [0.717, 1.165) is 12.1 Å². The molecule has 0 atom stereocenters. The molecule has 0 aromatic heterocycles. The summed E-state index contributed by atoms with van der Waals surface area (Å²) in [5.74, 6) is 0. The second-order valence-electron chi connectivity index (χ2n) is 3.04. The Hall–Kier alpha value is -1.57. The van der Waals surface area contributed by atoms with Crippen LogP contribution in [0.2, 0.25) is 0 Å². The summed E-state index contributed by atoms with van der Waals surface area (Å²) in [4.78, 5) is 3.73. The summed E-state index contributed by atoms with van der Waals surface area (Å²) in [6, 6.07) is 0. The van der Waals surface area contributed by atoms with Gasteiger partial charge in [-0.3, -0.25) is 4.99 Å². The number of allylic oxidation sites excluding steroid dienone is 5. The third-order valence-corrected chi connectivity index (χ3v) is 1.83. The van der Waals surface area contributed by atoms with Crippen molar-refractivity contribution < 1.29 is 4.74 Å². The van der Waals surface area contributed by atoms with Crippen molar-refractivity contribution in [1.82, 2.24) is 0 Å². The first-order valence-electron chi connectivity index (χ1n) is 4.91. The van der Waals surface area contributed by atoms with Crippen molar-refractivity contribution in [2.24, 2.45) is 4.99 Å². The normalized spacial score (nSPS) is 12.9. The van der Waals surface area contributed by atoms with Crippen LogP contribution >= 0.6 is 0 Å². The Labute approximate surface area is 92.4 Å². The zero-order valence-corrected chi connectivity index (χ0v) is 9.57. The van der Waals surface area contributed by atoms with Gasteiger partial charge in [-0.25, -0.2) is 0 Å².